The van der Waals surface area contributed by atoms with E-state index in [9.17, 15) is 0 Å². The Bertz CT molecular complexity index is 1340. The molecule has 0 aliphatic heterocycles. The molecule has 42 heavy (non-hydrogen) atoms. The van der Waals surface area contributed by atoms with Gasteiger partial charge in [0.1, 0.15) is 0 Å². The molecule has 2 aromatic rings. The average molecular weight is 640 g/mol. The number of benzene rings is 2. The van der Waals surface area contributed by atoms with Gasteiger partial charge in [-0.1, -0.05) is 111 Å². The molecule has 0 aromatic heterocycles. The first kappa shape index (κ1) is 33.6. The van der Waals surface area contributed by atoms with Gasteiger partial charge in [-0.3, -0.25) is 6.08 Å². The first-order chi connectivity index (χ1) is 19.2. The van der Waals surface area contributed by atoms with Crippen LogP contribution in [0.3, 0.4) is 0 Å². The molecular formula is C41H56Zr. The molecule has 0 nitrogen and oxygen atoms in total. The Balaban J connectivity index is 0.000000260. The van der Waals surface area contributed by atoms with Crippen LogP contribution in [0.1, 0.15) is 149 Å². The van der Waals surface area contributed by atoms with Crippen LogP contribution in [0.4, 0.5) is 0 Å². The molecule has 4 aliphatic carbocycles. The molecule has 0 saturated heterocycles. The van der Waals surface area contributed by atoms with Crippen LogP contribution in [0, 0.1) is 17.9 Å². The SMILES string of the molecule is CC(C)(C)C1=CC[C-]=C1.CC1(C)[CH-]CC(C)(C)c2cc3c(cc21)Cc1cc2c(cc1-3)C(C)(C)CCC2(C)C.C[C](C)=[Zr+2]. The Kier molecular flexibility index (Phi) is 9.23. The Morgan fingerprint density at radius 3 is 1.62 bits per heavy atom. The molecular weight excluding hydrogens is 584 g/mol. The predicted molar refractivity (Wildman–Crippen MR) is 181 cm³/mol. The second-order valence-electron chi connectivity index (χ2n) is 17.0. The summed E-state index contributed by atoms with van der Waals surface area (Å²) in [6.45, 7) is 30.3. The normalized spacial score (nSPS) is 21.4. The number of hydrogen-bond acceptors (Lipinski definition) is 0. The van der Waals surface area contributed by atoms with Crippen molar-refractivity contribution in [3.8, 4) is 11.1 Å². The van der Waals surface area contributed by atoms with E-state index in [-0.39, 0.29) is 21.7 Å². The van der Waals surface area contributed by atoms with Gasteiger partial charge >= 0.3 is 41.3 Å². The van der Waals surface area contributed by atoms with Crippen molar-refractivity contribution in [2.45, 2.75) is 144 Å². The first-order valence-electron chi connectivity index (χ1n) is 16.2. The molecule has 0 saturated carbocycles. The van der Waals surface area contributed by atoms with E-state index in [1.807, 2.05) is 0 Å². The van der Waals surface area contributed by atoms with Crippen molar-refractivity contribution in [3.05, 3.63) is 87.9 Å². The first-order valence-corrected chi connectivity index (χ1v) is 17.4. The molecule has 224 valence electrons. The van der Waals surface area contributed by atoms with Gasteiger partial charge in [0.2, 0.25) is 0 Å². The number of fused-ring (bicyclic) bond motifs is 5. The zero-order chi connectivity index (χ0) is 31.5. The molecule has 1 heteroatoms. The molecule has 0 atom stereocenters. The molecule has 0 heterocycles. The van der Waals surface area contributed by atoms with Gasteiger partial charge in [-0.05, 0) is 74.5 Å². The third-order valence-electron chi connectivity index (χ3n) is 10.1. The number of allylic oxidation sites excluding steroid dienone is 4. The molecule has 0 N–H and O–H groups in total. The van der Waals surface area contributed by atoms with E-state index in [2.05, 4.69) is 139 Å². The van der Waals surface area contributed by atoms with Gasteiger partial charge in [-0.25, -0.2) is 6.08 Å². The van der Waals surface area contributed by atoms with Gasteiger partial charge in [-0.2, -0.15) is 18.1 Å². The second kappa shape index (κ2) is 11.6. The molecule has 0 fully saturated rings. The van der Waals surface area contributed by atoms with Gasteiger partial charge in [0.05, 0.1) is 0 Å². The van der Waals surface area contributed by atoms with E-state index < -0.39 is 0 Å². The van der Waals surface area contributed by atoms with Crippen molar-refractivity contribution in [3.63, 3.8) is 0 Å². The summed E-state index contributed by atoms with van der Waals surface area (Å²) in [5, 5.41) is 0. The van der Waals surface area contributed by atoms with E-state index in [4.69, 9.17) is 0 Å². The third kappa shape index (κ3) is 6.83. The fourth-order valence-electron chi connectivity index (χ4n) is 7.05. The summed E-state index contributed by atoms with van der Waals surface area (Å²) in [5.74, 6) is 0. The minimum absolute atomic E-state index is 0.165. The van der Waals surface area contributed by atoms with Gasteiger partial charge < -0.3 is 6.42 Å². The minimum atomic E-state index is 0.165. The number of hydrogen-bond donors (Lipinski definition) is 0. The van der Waals surface area contributed by atoms with Crippen LogP contribution in [0.25, 0.3) is 11.1 Å². The van der Waals surface area contributed by atoms with Gasteiger partial charge in [0, 0.05) is 0 Å². The van der Waals surface area contributed by atoms with Crippen LogP contribution in [-0.2, 0) is 52.3 Å². The van der Waals surface area contributed by atoms with Crippen molar-refractivity contribution < 1.29 is 24.2 Å². The summed E-state index contributed by atoms with van der Waals surface area (Å²) in [5.41, 5.74) is 15.1. The van der Waals surface area contributed by atoms with E-state index >= 15 is 0 Å². The summed E-state index contributed by atoms with van der Waals surface area (Å²) in [6, 6.07) is 10.3. The Morgan fingerprint density at radius 2 is 1.19 bits per heavy atom. The van der Waals surface area contributed by atoms with Crippen LogP contribution >= 0.6 is 0 Å². The van der Waals surface area contributed by atoms with Crippen LogP contribution in [-0.4, -0.2) is 3.21 Å². The maximum atomic E-state index is 3.16. The van der Waals surface area contributed by atoms with Gasteiger partial charge in [0.25, 0.3) is 0 Å². The van der Waals surface area contributed by atoms with Crippen LogP contribution in [0.5, 0.6) is 0 Å². The van der Waals surface area contributed by atoms with E-state index in [1.54, 1.807) is 52.1 Å². The fraction of sp³-hybridized carbons (Fsp3) is 0.561. The van der Waals surface area contributed by atoms with Crippen molar-refractivity contribution in [2.75, 3.05) is 0 Å². The molecule has 0 bridgehead atoms. The summed E-state index contributed by atoms with van der Waals surface area (Å²) in [6.07, 6.45) is 15.8. The third-order valence-corrected chi connectivity index (χ3v) is 10.1. The quantitative estimate of drug-likeness (QED) is 0.215. The number of rotatable bonds is 0. The molecule has 2 aromatic carbocycles. The Hall–Kier alpha value is -1.33. The topological polar surface area (TPSA) is 0 Å². The molecule has 4 aliphatic rings. The maximum absolute atomic E-state index is 3.16. The van der Waals surface area contributed by atoms with Crippen molar-refractivity contribution in [1.29, 1.82) is 0 Å². The fourth-order valence-corrected chi connectivity index (χ4v) is 7.05. The monoisotopic (exact) mass is 638 g/mol. The second-order valence-corrected chi connectivity index (χ2v) is 19.5. The zero-order valence-corrected chi connectivity index (χ0v) is 31.5. The zero-order valence-electron chi connectivity index (χ0n) is 29.1. The summed E-state index contributed by atoms with van der Waals surface area (Å²) < 4.78 is 1.51. The molecule has 0 spiro atoms. The van der Waals surface area contributed by atoms with Gasteiger partial charge in [0.15, 0.2) is 0 Å². The van der Waals surface area contributed by atoms with E-state index in [0.29, 0.717) is 5.41 Å². The average Bonchev–Trinajstić information content (AvgIpc) is 3.52. The van der Waals surface area contributed by atoms with Crippen molar-refractivity contribution in [1.82, 2.24) is 0 Å². The molecule has 0 unspecified atom stereocenters. The standard InChI is InChI=1S/C29H37.C9H13.C3H6.Zr/c1-26(2)9-11-28(5,6)24-16-20-18(14-22(24)26)13-19-15-23-25(17-21(19)20)29(7,8)12-10-27(23,3)4;1-9(2,3)8-6-4-5-7-8;1-3-2;/h9,14-17H,10-13H2,1-8H3;6-7H,4H2,1-3H3;1-2H3;/q2*-1;;+2. The molecule has 0 radical (unpaired) electrons. The van der Waals surface area contributed by atoms with E-state index in [1.165, 1.54) is 38.3 Å². The van der Waals surface area contributed by atoms with E-state index in [0.717, 1.165) is 19.3 Å². The van der Waals surface area contributed by atoms with Crippen LogP contribution < -0.4 is 0 Å². The Labute approximate surface area is 274 Å². The summed E-state index contributed by atoms with van der Waals surface area (Å²) >= 11 is 1.55. The van der Waals surface area contributed by atoms with Crippen LogP contribution in [0.15, 0.2) is 42.0 Å². The molecule has 0 amide bonds. The van der Waals surface area contributed by atoms with Gasteiger partial charge in [-0.15, -0.1) is 11.8 Å². The molecule has 6 rings (SSSR count). The van der Waals surface area contributed by atoms with Crippen LogP contribution in [0.2, 0.25) is 0 Å². The Morgan fingerprint density at radius 1 is 0.738 bits per heavy atom. The van der Waals surface area contributed by atoms with Crippen molar-refractivity contribution in [2.24, 2.45) is 5.41 Å². The van der Waals surface area contributed by atoms with Crippen molar-refractivity contribution >= 4 is 3.21 Å². The summed E-state index contributed by atoms with van der Waals surface area (Å²) in [4.78, 5) is 0. The predicted octanol–water partition coefficient (Wildman–Crippen LogP) is 11.2. The summed E-state index contributed by atoms with van der Waals surface area (Å²) in [7, 11) is 0.